The molecule has 0 bridgehead atoms. The molecular formula is C20H20ClF3N4O2. The largest absolute Gasteiger partial charge is 0.434 e. The molecule has 3 aromatic heterocycles. The van der Waals surface area contributed by atoms with Gasteiger partial charge in [0.15, 0.2) is 11.2 Å². The molecule has 0 saturated heterocycles. The predicted molar refractivity (Wildman–Crippen MR) is 106 cm³/mol. The predicted octanol–water partition coefficient (Wildman–Crippen LogP) is 4.09. The Morgan fingerprint density at radius 2 is 1.97 bits per heavy atom. The van der Waals surface area contributed by atoms with E-state index in [0.717, 1.165) is 30.8 Å². The van der Waals surface area contributed by atoms with Crippen molar-refractivity contribution in [3.8, 4) is 0 Å². The Morgan fingerprint density at radius 3 is 2.50 bits per heavy atom. The molecule has 30 heavy (non-hydrogen) atoms. The van der Waals surface area contributed by atoms with Crippen molar-refractivity contribution in [2.24, 2.45) is 7.05 Å². The van der Waals surface area contributed by atoms with Crippen molar-refractivity contribution >= 4 is 22.5 Å². The summed E-state index contributed by atoms with van der Waals surface area (Å²) < 4.78 is 42.2. The summed E-state index contributed by atoms with van der Waals surface area (Å²) in [6, 6.07) is 3.02. The van der Waals surface area contributed by atoms with Crippen LogP contribution in [0.3, 0.4) is 0 Å². The normalized spacial score (nSPS) is 16.8. The minimum atomic E-state index is -4.70. The van der Waals surface area contributed by atoms with E-state index >= 15 is 0 Å². The first-order valence-corrected chi connectivity index (χ1v) is 9.91. The smallest absolute Gasteiger partial charge is 0.379 e. The van der Waals surface area contributed by atoms with E-state index in [-0.39, 0.29) is 29.1 Å². The van der Waals surface area contributed by atoms with Gasteiger partial charge in [0.2, 0.25) is 0 Å². The van der Waals surface area contributed by atoms with Crippen molar-refractivity contribution in [2.75, 3.05) is 0 Å². The number of rotatable bonds is 4. The zero-order valence-corrected chi connectivity index (χ0v) is 17.3. The summed E-state index contributed by atoms with van der Waals surface area (Å²) in [5.41, 5.74) is -1.85. The maximum absolute atomic E-state index is 13.0. The fraction of sp³-hybridized carbons (Fsp3) is 0.450. The minimum Gasteiger partial charge on any atom is -0.379 e. The second kappa shape index (κ2) is 6.81. The van der Waals surface area contributed by atoms with Crippen LogP contribution in [0, 0.1) is 6.92 Å². The van der Waals surface area contributed by atoms with Gasteiger partial charge in [0, 0.05) is 35.9 Å². The summed E-state index contributed by atoms with van der Waals surface area (Å²) >= 11 is 5.84. The maximum Gasteiger partial charge on any atom is 0.434 e. The minimum absolute atomic E-state index is 0.0944. The number of hydrogen-bond donors (Lipinski definition) is 1. The molecule has 1 N–H and O–H groups in total. The highest BCUT2D eigenvalue weighted by Gasteiger charge is 2.40. The first-order chi connectivity index (χ1) is 14.0. The fourth-order valence-corrected chi connectivity index (χ4v) is 4.32. The monoisotopic (exact) mass is 440 g/mol. The second-order valence-corrected chi connectivity index (χ2v) is 8.10. The molecule has 1 fully saturated rings. The summed E-state index contributed by atoms with van der Waals surface area (Å²) in [5, 5.41) is 15.8. The quantitative estimate of drug-likeness (QED) is 0.663. The molecule has 6 nitrogen and oxygen atoms in total. The Labute approximate surface area is 174 Å². The van der Waals surface area contributed by atoms with Gasteiger partial charge < -0.3 is 9.67 Å². The summed E-state index contributed by atoms with van der Waals surface area (Å²) in [5.74, 6) is 0. The van der Waals surface area contributed by atoms with Crippen LogP contribution < -0.4 is 5.56 Å². The van der Waals surface area contributed by atoms with Crippen molar-refractivity contribution in [2.45, 2.75) is 50.9 Å². The van der Waals surface area contributed by atoms with Gasteiger partial charge in [0.25, 0.3) is 5.56 Å². The first kappa shape index (κ1) is 20.9. The van der Waals surface area contributed by atoms with Crippen LogP contribution in [0.25, 0.3) is 10.9 Å². The number of aromatic nitrogens is 4. The van der Waals surface area contributed by atoms with Crippen LogP contribution >= 0.6 is 11.6 Å². The molecule has 1 aliphatic carbocycles. The number of aliphatic hydroxyl groups is 1. The molecule has 3 aromatic rings. The number of alkyl halides is 3. The lowest BCUT2D eigenvalue weighted by molar-refractivity contribution is -0.141. The van der Waals surface area contributed by atoms with Crippen molar-refractivity contribution in [3.63, 3.8) is 0 Å². The highest BCUT2D eigenvalue weighted by Crippen LogP contribution is 2.41. The zero-order chi connectivity index (χ0) is 22.0. The molecule has 1 unspecified atom stereocenters. The molecule has 1 atom stereocenters. The van der Waals surface area contributed by atoms with Crippen LogP contribution in [0.2, 0.25) is 5.02 Å². The van der Waals surface area contributed by atoms with Gasteiger partial charge in [-0.3, -0.25) is 9.48 Å². The van der Waals surface area contributed by atoms with E-state index in [9.17, 15) is 23.1 Å². The van der Waals surface area contributed by atoms with Crippen LogP contribution in [0.15, 0.2) is 23.1 Å². The summed E-state index contributed by atoms with van der Waals surface area (Å²) in [4.78, 5) is 16.5. The molecule has 0 aliphatic heterocycles. The van der Waals surface area contributed by atoms with Crippen LogP contribution in [-0.4, -0.2) is 24.4 Å². The summed E-state index contributed by atoms with van der Waals surface area (Å²) in [6.07, 6.45) is -1.77. The second-order valence-electron chi connectivity index (χ2n) is 7.69. The third-order valence-corrected chi connectivity index (χ3v) is 5.93. The lowest BCUT2D eigenvalue weighted by atomic mass is 9.87. The molecule has 10 heteroatoms. The SMILES string of the molecule is CCC(O)(c1cnc(C(F)(F)F)c(Cl)c1)c1c2cc(C)n(C3CC3)c(=O)c2nn1C. The van der Waals surface area contributed by atoms with E-state index < -0.39 is 22.5 Å². The molecule has 0 spiro atoms. The van der Waals surface area contributed by atoms with E-state index in [4.69, 9.17) is 11.6 Å². The third-order valence-electron chi connectivity index (χ3n) is 5.64. The van der Waals surface area contributed by atoms with E-state index in [2.05, 4.69) is 10.1 Å². The van der Waals surface area contributed by atoms with Crippen LogP contribution in [0.5, 0.6) is 0 Å². The Kier molecular flexibility index (Phi) is 4.74. The molecule has 3 heterocycles. The number of pyridine rings is 2. The Hall–Kier alpha value is -2.39. The molecule has 0 radical (unpaired) electrons. The van der Waals surface area contributed by atoms with Crippen LogP contribution in [0.1, 0.15) is 54.9 Å². The molecule has 1 aliphatic rings. The average Bonchev–Trinajstić information content (AvgIpc) is 3.42. The number of aryl methyl sites for hydroxylation is 2. The Bertz CT molecular complexity index is 1210. The lowest BCUT2D eigenvalue weighted by Crippen LogP contribution is -2.30. The summed E-state index contributed by atoms with van der Waals surface area (Å²) in [7, 11) is 1.59. The molecule has 1 saturated carbocycles. The highest BCUT2D eigenvalue weighted by molar-refractivity contribution is 6.31. The van der Waals surface area contributed by atoms with Crippen LogP contribution in [-0.2, 0) is 18.8 Å². The molecule has 0 aromatic carbocycles. The van der Waals surface area contributed by atoms with Crippen molar-refractivity contribution in [1.29, 1.82) is 0 Å². The van der Waals surface area contributed by atoms with Gasteiger partial charge in [-0.1, -0.05) is 18.5 Å². The lowest BCUT2D eigenvalue weighted by Gasteiger charge is -2.28. The van der Waals surface area contributed by atoms with Crippen molar-refractivity contribution in [1.82, 2.24) is 19.3 Å². The van der Waals surface area contributed by atoms with Crippen molar-refractivity contribution < 1.29 is 18.3 Å². The van der Waals surface area contributed by atoms with Gasteiger partial charge in [-0.25, -0.2) is 4.98 Å². The van der Waals surface area contributed by atoms with Gasteiger partial charge in [0.1, 0.15) is 5.60 Å². The maximum atomic E-state index is 13.0. The third kappa shape index (κ3) is 3.11. The van der Waals surface area contributed by atoms with Gasteiger partial charge in [-0.15, -0.1) is 0 Å². The topological polar surface area (TPSA) is 72.9 Å². The molecule has 4 rings (SSSR count). The number of halogens is 4. The fourth-order valence-electron chi connectivity index (χ4n) is 4.05. The zero-order valence-electron chi connectivity index (χ0n) is 16.6. The van der Waals surface area contributed by atoms with E-state index in [1.54, 1.807) is 24.6 Å². The molecular weight excluding hydrogens is 421 g/mol. The Morgan fingerprint density at radius 1 is 1.30 bits per heavy atom. The van der Waals surface area contributed by atoms with E-state index in [1.165, 1.54) is 4.68 Å². The summed E-state index contributed by atoms with van der Waals surface area (Å²) in [6.45, 7) is 3.50. The van der Waals surface area contributed by atoms with Crippen LogP contribution in [0.4, 0.5) is 13.2 Å². The van der Waals surface area contributed by atoms with Gasteiger partial charge in [-0.05, 0) is 38.3 Å². The van der Waals surface area contributed by atoms with E-state index in [0.29, 0.717) is 11.1 Å². The first-order valence-electron chi connectivity index (χ1n) is 9.54. The van der Waals surface area contributed by atoms with E-state index in [1.807, 2.05) is 6.92 Å². The number of nitrogens with zero attached hydrogens (tertiary/aromatic N) is 4. The number of hydrogen-bond acceptors (Lipinski definition) is 4. The Balaban J connectivity index is 1.94. The van der Waals surface area contributed by atoms with Crippen molar-refractivity contribution in [3.05, 3.63) is 56.4 Å². The van der Waals surface area contributed by atoms with Gasteiger partial charge in [-0.2, -0.15) is 18.3 Å². The molecule has 160 valence electrons. The standard InChI is InChI=1S/C20H20ClF3N4O2/c1-4-19(30,11-8-14(21)16(25-9-11)20(22,23)24)17-13-7-10(2)28(12-5-6-12)18(29)15(13)26-27(17)3/h7-9,12,30H,4-6H2,1-3H3. The highest BCUT2D eigenvalue weighted by atomic mass is 35.5. The average molecular weight is 441 g/mol. The number of fused-ring (bicyclic) bond motifs is 1. The van der Waals surface area contributed by atoms with Gasteiger partial charge in [0.05, 0.1) is 10.7 Å². The van der Waals surface area contributed by atoms with Gasteiger partial charge >= 0.3 is 6.18 Å². The molecule has 0 amide bonds.